The van der Waals surface area contributed by atoms with E-state index >= 15 is 0 Å². The summed E-state index contributed by atoms with van der Waals surface area (Å²) >= 11 is 14.0. The van der Waals surface area contributed by atoms with Crippen molar-refractivity contribution >= 4 is 46.3 Å². The molecule has 4 rings (SSSR count). The minimum absolute atomic E-state index is 0.0962. The first kappa shape index (κ1) is 24.0. The van der Waals surface area contributed by atoms with Gasteiger partial charge in [-0.3, -0.25) is 9.69 Å². The molecule has 3 aromatic rings. The summed E-state index contributed by atoms with van der Waals surface area (Å²) < 4.78 is 0. The van der Waals surface area contributed by atoms with Gasteiger partial charge in [0.1, 0.15) is 10.7 Å². The number of aromatic nitrogens is 2. The topological polar surface area (TPSA) is 75.4 Å². The van der Waals surface area contributed by atoms with Gasteiger partial charge in [-0.1, -0.05) is 36.5 Å². The zero-order valence-electron chi connectivity index (χ0n) is 18.8. The molecular weight excluding hydrogens is 477 g/mol. The van der Waals surface area contributed by atoms with E-state index < -0.39 is 0 Å². The number of anilines is 1. The van der Waals surface area contributed by atoms with E-state index in [2.05, 4.69) is 21.8 Å². The quantitative estimate of drug-likeness (QED) is 0.492. The number of benzene rings is 1. The van der Waals surface area contributed by atoms with Crippen molar-refractivity contribution in [3.8, 4) is 11.1 Å². The number of thiazole rings is 1. The summed E-state index contributed by atoms with van der Waals surface area (Å²) in [6, 6.07) is 7.42. The minimum Gasteiger partial charge on any atom is -0.383 e. The largest absolute Gasteiger partial charge is 0.383 e. The van der Waals surface area contributed by atoms with Gasteiger partial charge in [-0.05, 0) is 48.7 Å². The second-order valence-corrected chi connectivity index (χ2v) is 10.3. The molecule has 2 aromatic heterocycles. The van der Waals surface area contributed by atoms with Crippen molar-refractivity contribution < 1.29 is 4.79 Å². The van der Waals surface area contributed by atoms with Crippen molar-refractivity contribution in [1.29, 1.82) is 0 Å². The number of nitrogens with zero attached hydrogens (tertiary/aromatic N) is 4. The lowest BCUT2D eigenvalue weighted by Crippen LogP contribution is -2.48. The van der Waals surface area contributed by atoms with Crippen molar-refractivity contribution in [3.63, 3.8) is 0 Å². The summed E-state index contributed by atoms with van der Waals surface area (Å²) in [5.41, 5.74) is 10.0. The Hall–Kier alpha value is -2.19. The van der Waals surface area contributed by atoms with E-state index in [9.17, 15) is 4.79 Å². The molecule has 0 aliphatic carbocycles. The molecule has 0 saturated carbocycles. The molecule has 1 aliphatic rings. The van der Waals surface area contributed by atoms with Gasteiger partial charge in [0, 0.05) is 54.5 Å². The molecule has 33 heavy (non-hydrogen) atoms. The highest BCUT2D eigenvalue weighted by molar-refractivity contribution is 7.13. The number of piperazine rings is 1. The zero-order chi connectivity index (χ0) is 23.5. The van der Waals surface area contributed by atoms with E-state index in [0.29, 0.717) is 35.5 Å². The molecule has 0 atom stereocenters. The molecule has 3 heterocycles. The highest BCUT2D eigenvalue weighted by Gasteiger charge is 2.26. The second-order valence-electron chi connectivity index (χ2n) is 8.21. The van der Waals surface area contributed by atoms with Crippen LogP contribution in [-0.2, 0) is 13.0 Å². The summed E-state index contributed by atoms with van der Waals surface area (Å²) in [5, 5.41) is 2.10. The summed E-state index contributed by atoms with van der Waals surface area (Å²) in [6.07, 6.45) is 3.51. The maximum atomic E-state index is 13.2. The average Bonchev–Trinajstić information content (AvgIpc) is 3.15. The van der Waals surface area contributed by atoms with Crippen molar-refractivity contribution in [2.45, 2.75) is 33.2 Å². The number of rotatable bonds is 6. The number of nitrogen functional groups attached to an aromatic ring is 1. The van der Waals surface area contributed by atoms with E-state index in [1.165, 1.54) is 11.3 Å². The molecule has 0 spiro atoms. The van der Waals surface area contributed by atoms with Crippen LogP contribution in [-0.4, -0.2) is 51.9 Å². The minimum atomic E-state index is 0.0962. The van der Waals surface area contributed by atoms with E-state index in [-0.39, 0.29) is 5.91 Å². The lowest BCUT2D eigenvalue weighted by molar-refractivity contribution is 0.0632. The van der Waals surface area contributed by atoms with Crippen molar-refractivity contribution in [1.82, 2.24) is 19.8 Å². The van der Waals surface area contributed by atoms with Crippen LogP contribution in [0.15, 0.2) is 30.5 Å². The van der Waals surface area contributed by atoms with Crippen LogP contribution in [0.2, 0.25) is 10.0 Å². The third kappa shape index (κ3) is 5.49. The lowest BCUT2D eigenvalue weighted by atomic mass is 10.00. The van der Waals surface area contributed by atoms with Gasteiger partial charge in [0.25, 0.3) is 5.91 Å². The summed E-state index contributed by atoms with van der Waals surface area (Å²) in [4.78, 5) is 27.1. The van der Waals surface area contributed by atoms with Crippen LogP contribution in [0.1, 0.15) is 39.3 Å². The fraction of sp³-hybridized carbons (Fsp3) is 0.375. The molecule has 0 bridgehead atoms. The smallest absolute Gasteiger partial charge is 0.265 e. The first-order valence-corrected chi connectivity index (χ1v) is 12.6. The van der Waals surface area contributed by atoms with Gasteiger partial charge in [-0.15, -0.1) is 11.3 Å². The van der Waals surface area contributed by atoms with Crippen molar-refractivity contribution in [2.24, 2.45) is 0 Å². The van der Waals surface area contributed by atoms with Crippen molar-refractivity contribution in [2.75, 3.05) is 31.9 Å². The fourth-order valence-corrected chi connectivity index (χ4v) is 5.63. The number of carbonyl (C=O) groups excluding carboxylic acids is 1. The van der Waals surface area contributed by atoms with Gasteiger partial charge < -0.3 is 10.6 Å². The summed E-state index contributed by atoms with van der Waals surface area (Å²) in [6.45, 7) is 7.56. The van der Waals surface area contributed by atoms with Gasteiger partial charge in [0.2, 0.25) is 0 Å². The molecule has 9 heteroatoms. The van der Waals surface area contributed by atoms with Crippen LogP contribution < -0.4 is 5.73 Å². The number of carbonyl (C=O) groups is 1. The molecule has 6 nitrogen and oxygen atoms in total. The van der Waals surface area contributed by atoms with Crippen LogP contribution in [0, 0.1) is 6.92 Å². The van der Waals surface area contributed by atoms with Crippen molar-refractivity contribution in [3.05, 3.63) is 61.6 Å². The Labute approximate surface area is 208 Å². The number of halogens is 2. The molecule has 1 fully saturated rings. The molecule has 2 N–H and O–H groups in total. The molecule has 1 amide bonds. The highest BCUT2D eigenvalue weighted by atomic mass is 35.5. The Morgan fingerprint density at radius 1 is 1.15 bits per heavy atom. The van der Waals surface area contributed by atoms with Gasteiger partial charge in [-0.25, -0.2) is 9.97 Å². The fourth-order valence-electron chi connectivity index (χ4n) is 4.17. The van der Waals surface area contributed by atoms with Crippen LogP contribution in [0.25, 0.3) is 11.1 Å². The molecule has 1 aliphatic heterocycles. The van der Waals surface area contributed by atoms with Gasteiger partial charge in [0.05, 0.1) is 10.7 Å². The number of amides is 1. The predicted octanol–water partition coefficient (Wildman–Crippen LogP) is 5.31. The first-order chi connectivity index (χ1) is 15.9. The van der Waals surface area contributed by atoms with E-state index in [4.69, 9.17) is 28.9 Å². The van der Waals surface area contributed by atoms with Crippen LogP contribution >= 0.6 is 34.5 Å². The third-order valence-electron chi connectivity index (χ3n) is 5.79. The predicted molar refractivity (Wildman–Crippen MR) is 136 cm³/mol. The molecule has 174 valence electrons. The normalized spacial score (nSPS) is 14.6. The van der Waals surface area contributed by atoms with Crippen LogP contribution in [0.4, 0.5) is 5.82 Å². The molecule has 1 aromatic carbocycles. The summed E-state index contributed by atoms with van der Waals surface area (Å²) in [5.74, 6) is 0.588. The average molecular weight is 504 g/mol. The SMILES string of the molecule is CCCc1nc(C)sc1C(=O)N1CCN(Cc2c(-c3cc(Cl)cc(Cl)c3)ccnc2N)CC1. The van der Waals surface area contributed by atoms with Crippen LogP contribution in [0.3, 0.4) is 0 Å². The van der Waals surface area contributed by atoms with E-state index in [0.717, 1.165) is 58.2 Å². The Kier molecular flexibility index (Phi) is 7.54. The number of nitrogens with two attached hydrogens (primary N) is 1. The molecule has 0 unspecified atom stereocenters. The molecule has 0 radical (unpaired) electrons. The Morgan fingerprint density at radius 3 is 2.52 bits per heavy atom. The Balaban J connectivity index is 1.47. The van der Waals surface area contributed by atoms with E-state index in [1.807, 2.05) is 30.0 Å². The number of hydrogen-bond acceptors (Lipinski definition) is 6. The standard InChI is InChI=1S/C24H27Cl2N5OS/c1-3-4-21-22(33-15(2)29-21)24(32)31-9-7-30(8-10-31)14-20-19(5-6-28-23(20)27)16-11-17(25)13-18(26)12-16/h5-6,11-13H,3-4,7-10,14H2,1-2H3,(H2,27,28). The second kappa shape index (κ2) is 10.4. The maximum absolute atomic E-state index is 13.2. The van der Waals surface area contributed by atoms with Crippen LogP contribution in [0.5, 0.6) is 0 Å². The molecule has 1 saturated heterocycles. The highest BCUT2D eigenvalue weighted by Crippen LogP contribution is 2.32. The maximum Gasteiger partial charge on any atom is 0.265 e. The number of pyridine rings is 1. The number of aryl methyl sites for hydroxylation is 2. The van der Waals surface area contributed by atoms with Gasteiger partial charge in [0.15, 0.2) is 0 Å². The Morgan fingerprint density at radius 2 is 1.85 bits per heavy atom. The van der Waals surface area contributed by atoms with E-state index in [1.54, 1.807) is 12.3 Å². The van der Waals surface area contributed by atoms with Gasteiger partial charge in [-0.2, -0.15) is 0 Å². The first-order valence-electron chi connectivity index (χ1n) is 11.0. The zero-order valence-corrected chi connectivity index (χ0v) is 21.1. The monoisotopic (exact) mass is 503 g/mol. The Bertz CT molecular complexity index is 1140. The van der Waals surface area contributed by atoms with Gasteiger partial charge >= 0.3 is 0 Å². The number of hydrogen-bond donors (Lipinski definition) is 1. The summed E-state index contributed by atoms with van der Waals surface area (Å²) in [7, 11) is 0. The lowest BCUT2D eigenvalue weighted by Gasteiger charge is -2.35. The third-order valence-corrected chi connectivity index (χ3v) is 7.23. The molecular formula is C24H27Cl2N5OS.